The molecule has 18 heavy (non-hydrogen) atoms. The van der Waals surface area contributed by atoms with E-state index in [9.17, 15) is 10.1 Å². The summed E-state index contributed by atoms with van der Waals surface area (Å²) in [6.07, 6.45) is 3.40. The number of anilines is 1. The van der Waals surface area contributed by atoms with Crippen LogP contribution >= 0.6 is 0 Å². The average molecular weight is 245 g/mol. The molecule has 1 aliphatic heterocycles. The molecule has 0 spiro atoms. The molecule has 0 aliphatic carbocycles. The van der Waals surface area contributed by atoms with Crippen molar-refractivity contribution in [2.24, 2.45) is 0 Å². The van der Waals surface area contributed by atoms with Crippen molar-refractivity contribution in [2.45, 2.75) is 32.2 Å². The number of nitro groups is 1. The first-order valence-electron chi connectivity index (χ1n) is 6.08. The van der Waals surface area contributed by atoms with Crippen LogP contribution in [0, 0.1) is 21.4 Å². The van der Waals surface area contributed by atoms with Gasteiger partial charge in [0, 0.05) is 24.7 Å². The predicted octanol–water partition coefficient (Wildman–Crippen LogP) is 2.85. The van der Waals surface area contributed by atoms with Gasteiger partial charge in [0.25, 0.3) is 5.69 Å². The molecule has 1 fully saturated rings. The van der Waals surface area contributed by atoms with Gasteiger partial charge < -0.3 is 4.90 Å². The van der Waals surface area contributed by atoms with Gasteiger partial charge in [-0.05, 0) is 32.3 Å². The second-order valence-corrected chi connectivity index (χ2v) is 4.61. The Hall–Kier alpha value is -2.09. The summed E-state index contributed by atoms with van der Waals surface area (Å²) in [6.45, 7) is 3.04. The average Bonchev–Trinajstić information content (AvgIpc) is 2.38. The van der Waals surface area contributed by atoms with Crippen LogP contribution in [0.5, 0.6) is 0 Å². The van der Waals surface area contributed by atoms with Crippen LogP contribution in [0.3, 0.4) is 0 Å². The highest BCUT2D eigenvalue weighted by Crippen LogP contribution is 2.29. The molecule has 0 amide bonds. The van der Waals surface area contributed by atoms with Gasteiger partial charge in [0.15, 0.2) is 0 Å². The topological polar surface area (TPSA) is 70.2 Å². The maximum atomic E-state index is 10.7. The van der Waals surface area contributed by atoms with Crippen LogP contribution < -0.4 is 4.90 Å². The molecule has 0 N–H and O–H groups in total. The number of rotatable bonds is 2. The van der Waals surface area contributed by atoms with Crippen molar-refractivity contribution in [1.82, 2.24) is 0 Å². The molecule has 94 valence electrons. The monoisotopic (exact) mass is 245 g/mol. The van der Waals surface area contributed by atoms with Crippen LogP contribution in [-0.2, 0) is 0 Å². The number of hydrogen-bond donors (Lipinski definition) is 0. The number of nitro benzene ring substituents is 1. The summed E-state index contributed by atoms with van der Waals surface area (Å²) in [7, 11) is 0. The van der Waals surface area contributed by atoms with Gasteiger partial charge in [-0.1, -0.05) is 0 Å². The number of nitrogens with zero attached hydrogens (tertiary/aromatic N) is 3. The molecule has 1 aromatic rings. The lowest BCUT2D eigenvalue weighted by Gasteiger charge is -2.35. The molecule has 1 saturated heterocycles. The molecule has 5 nitrogen and oxygen atoms in total. The maximum Gasteiger partial charge on any atom is 0.270 e. The summed E-state index contributed by atoms with van der Waals surface area (Å²) in [5.41, 5.74) is 1.17. The minimum absolute atomic E-state index is 0.0278. The standard InChI is InChI=1S/C13H15N3O2/c1-10-4-2-3-7-15(10)13-6-5-12(16(17)18)8-11(13)9-14/h5-6,8,10H,2-4,7H2,1H3. The summed E-state index contributed by atoms with van der Waals surface area (Å²) < 4.78 is 0. The molecule has 0 aromatic heterocycles. The highest BCUT2D eigenvalue weighted by atomic mass is 16.6. The molecule has 1 aromatic carbocycles. The Labute approximate surface area is 106 Å². The third-order valence-corrected chi connectivity index (χ3v) is 3.42. The van der Waals surface area contributed by atoms with Crippen LogP contribution in [0.25, 0.3) is 0 Å². The molecular formula is C13H15N3O2. The van der Waals surface area contributed by atoms with E-state index in [0.717, 1.165) is 25.1 Å². The normalized spacial score (nSPS) is 19.3. The van der Waals surface area contributed by atoms with Crippen molar-refractivity contribution in [3.63, 3.8) is 0 Å². The van der Waals surface area contributed by atoms with E-state index in [1.54, 1.807) is 6.07 Å². The van der Waals surface area contributed by atoms with Crippen molar-refractivity contribution in [2.75, 3.05) is 11.4 Å². The van der Waals surface area contributed by atoms with Crippen LogP contribution in [0.1, 0.15) is 31.7 Å². The molecule has 1 unspecified atom stereocenters. The highest BCUT2D eigenvalue weighted by Gasteiger charge is 2.22. The van der Waals surface area contributed by atoms with E-state index in [0.29, 0.717) is 11.6 Å². The first-order chi connectivity index (χ1) is 8.63. The van der Waals surface area contributed by atoms with Gasteiger partial charge in [0.1, 0.15) is 6.07 Å². The zero-order valence-electron chi connectivity index (χ0n) is 10.3. The summed E-state index contributed by atoms with van der Waals surface area (Å²) in [5, 5.41) is 19.8. The summed E-state index contributed by atoms with van der Waals surface area (Å²) in [6, 6.07) is 6.96. The molecule has 1 heterocycles. The minimum atomic E-state index is -0.468. The maximum absolute atomic E-state index is 10.7. The Bertz CT molecular complexity index is 507. The van der Waals surface area contributed by atoms with E-state index in [2.05, 4.69) is 17.9 Å². The van der Waals surface area contributed by atoms with Gasteiger partial charge in [0.2, 0.25) is 0 Å². The van der Waals surface area contributed by atoms with Gasteiger partial charge in [-0.2, -0.15) is 5.26 Å². The first kappa shape index (κ1) is 12.4. The highest BCUT2D eigenvalue weighted by molar-refractivity contribution is 5.63. The minimum Gasteiger partial charge on any atom is -0.368 e. The Morgan fingerprint density at radius 3 is 2.89 bits per heavy atom. The molecule has 0 saturated carbocycles. The molecule has 0 bridgehead atoms. The fourth-order valence-electron chi connectivity index (χ4n) is 2.43. The Morgan fingerprint density at radius 1 is 1.50 bits per heavy atom. The van der Waals surface area contributed by atoms with Crippen molar-refractivity contribution in [3.05, 3.63) is 33.9 Å². The SMILES string of the molecule is CC1CCCCN1c1ccc([N+](=O)[O-])cc1C#N. The van der Waals surface area contributed by atoms with Gasteiger partial charge in [0.05, 0.1) is 16.2 Å². The van der Waals surface area contributed by atoms with E-state index in [-0.39, 0.29) is 5.69 Å². The predicted molar refractivity (Wildman–Crippen MR) is 68.5 cm³/mol. The van der Waals surface area contributed by atoms with Gasteiger partial charge in [-0.15, -0.1) is 0 Å². The van der Waals surface area contributed by atoms with Crippen molar-refractivity contribution in [3.8, 4) is 6.07 Å². The smallest absolute Gasteiger partial charge is 0.270 e. The lowest BCUT2D eigenvalue weighted by molar-refractivity contribution is -0.384. The fraction of sp³-hybridized carbons (Fsp3) is 0.462. The van der Waals surface area contributed by atoms with E-state index >= 15 is 0 Å². The summed E-state index contributed by atoms with van der Waals surface area (Å²) >= 11 is 0. The second-order valence-electron chi connectivity index (χ2n) is 4.61. The third kappa shape index (κ3) is 2.28. The number of benzene rings is 1. The quantitative estimate of drug-likeness (QED) is 0.593. The van der Waals surface area contributed by atoms with Crippen molar-refractivity contribution >= 4 is 11.4 Å². The lowest BCUT2D eigenvalue weighted by Crippen LogP contribution is -2.37. The molecule has 0 radical (unpaired) electrons. The van der Waals surface area contributed by atoms with Crippen LogP contribution in [0.15, 0.2) is 18.2 Å². The van der Waals surface area contributed by atoms with Gasteiger partial charge in [-0.25, -0.2) is 0 Å². The zero-order valence-corrected chi connectivity index (χ0v) is 10.3. The van der Waals surface area contributed by atoms with Crippen molar-refractivity contribution in [1.29, 1.82) is 5.26 Å². The molecule has 5 heteroatoms. The number of nitriles is 1. The number of non-ortho nitro benzene ring substituents is 1. The van der Waals surface area contributed by atoms with E-state index in [1.807, 2.05) is 0 Å². The fourth-order valence-corrected chi connectivity index (χ4v) is 2.43. The van der Waals surface area contributed by atoms with Crippen LogP contribution in [0.4, 0.5) is 11.4 Å². The molecule has 1 aliphatic rings. The summed E-state index contributed by atoms with van der Waals surface area (Å²) in [5.74, 6) is 0. The number of hydrogen-bond acceptors (Lipinski definition) is 4. The van der Waals surface area contributed by atoms with Crippen LogP contribution in [0.2, 0.25) is 0 Å². The zero-order chi connectivity index (χ0) is 13.1. The Balaban J connectivity index is 2.38. The third-order valence-electron chi connectivity index (χ3n) is 3.42. The summed E-state index contributed by atoms with van der Waals surface area (Å²) in [4.78, 5) is 12.4. The Kier molecular flexibility index (Phi) is 3.47. The lowest BCUT2D eigenvalue weighted by atomic mass is 10.0. The first-order valence-corrected chi connectivity index (χ1v) is 6.08. The van der Waals surface area contributed by atoms with Crippen LogP contribution in [-0.4, -0.2) is 17.5 Å². The molecular weight excluding hydrogens is 230 g/mol. The van der Waals surface area contributed by atoms with E-state index < -0.39 is 4.92 Å². The van der Waals surface area contributed by atoms with E-state index in [1.165, 1.54) is 18.6 Å². The Morgan fingerprint density at radius 2 is 2.28 bits per heavy atom. The molecule has 2 rings (SSSR count). The van der Waals surface area contributed by atoms with Crippen molar-refractivity contribution < 1.29 is 4.92 Å². The molecule has 1 atom stereocenters. The van der Waals surface area contributed by atoms with E-state index in [4.69, 9.17) is 5.26 Å². The number of piperidine rings is 1. The second kappa shape index (κ2) is 5.05. The largest absolute Gasteiger partial charge is 0.368 e. The van der Waals surface area contributed by atoms with Gasteiger partial charge >= 0.3 is 0 Å². The van der Waals surface area contributed by atoms with Gasteiger partial charge in [-0.3, -0.25) is 10.1 Å².